The Balaban J connectivity index is 2.67. The average Bonchev–Trinajstić information content (AvgIpc) is 2.48. The highest BCUT2D eigenvalue weighted by atomic mass is 16.4. The van der Waals surface area contributed by atoms with Crippen molar-refractivity contribution in [1.29, 1.82) is 0 Å². The van der Waals surface area contributed by atoms with Crippen LogP contribution in [-0.4, -0.2) is 16.9 Å². The third kappa shape index (κ3) is 4.13. The molecular weight excluding hydrogens is 228 g/mol. The van der Waals surface area contributed by atoms with Gasteiger partial charge in [0.2, 0.25) is 0 Å². The first-order chi connectivity index (χ1) is 8.41. The van der Waals surface area contributed by atoms with E-state index in [4.69, 9.17) is 5.11 Å². The van der Waals surface area contributed by atoms with Crippen LogP contribution in [-0.2, 0) is 9.59 Å². The van der Waals surface area contributed by atoms with E-state index in [1.807, 2.05) is 0 Å². The minimum absolute atomic E-state index is 0.0415. The molecule has 1 N–H and O–H groups in total. The number of carbonyl (C=O) groups excluding carboxylic acids is 1. The van der Waals surface area contributed by atoms with Crippen LogP contribution in [0.4, 0.5) is 0 Å². The van der Waals surface area contributed by atoms with Crippen molar-refractivity contribution in [2.24, 2.45) is 11.8 Å². The van der Waals surface area contributed by atoms with Crippen LogP contribution in [0.2, 0.25) is 0 Å². The number of carbonyl (C=O) groups is 2. The number of carboxylic acid groups (broad SMARTS) is 1. The van der Waals surface area contributed by atoms with Crippen molar-refractivity contribution < 1.29 is 14.7 Å². The van der Waals surface area contributed by atoms with Gasteiger partial charge in [0.15, 0.2) is 0 Å². The highest BCUT2D eigenvalue weighted by Crippen LogP contribution is 2.32. The Morgan fingerprint density at radius 2 is 2.11 bits per heavy atom. The predicted molar refractivity (Wildman–Crippen MR) is 71.3 cm³/mol. The molecule has 0 fully saturated rings. The van der Waals surface area contributed by atoms with Crippen LogP contribution in [0.5, 0.6) is 0 Å². The molecule has 2 atom stereocenters. The predicted octanol–water partition coefficient (Wildman–Crippen LogP) is 3.36. The summed E-state index contributed by atoms with van der Waals surface area (Å²) in [5.74, 6) is -0.206. The van der Waals surface area contributed by atoms with Gasteiger partial charge in [0, 0.05) is 12.0 Å². The molecule has 0 heterocycles. The van der Waals surface area contributed by atoms with E-state index >= 15 is 0 Å². The summed E-state index contributed by atoms with van der Waals surface area (Å²) in [7, 11) is 0. The van der Waals surface area contributed by atoms with Crippen LogP contribution >= 0.6 is 0 Å². The fourth-order valence-corrected chi connectivity index (χ4v) is 2.41. The summed E-state index contributed by atoms with van der Waals surface area (Å²) in [5.41, 5.74) is 1.61. The molecule has 1 aliphatic rings. The molecule has 0 aliphatic heterocycles. The average molecular weight is 250 g/mol. The van der Waals surface area contributed by atoms with Crippen molar-refractivity contribution in [3.05, 3.63) is 23.8 Å². The van der Waals surface area contributed by atoms with E-state index in [1.54, 1.807) is 6.92 Å². The second kappa shape index (κ2) is 6.53. The summed E-state index contributed by atoms with van der Waals surface area (Å²) < 4.78 is 0. The fourth-order valence-electron chi connectivity index (χ4n) is 2.41. The zero-order valence-electron chi connectivity index (χ0n) is 11.2. The third-order valence-electron chi connectivity index (χ3n) is 3.78. The van der Waals surface area contributed by atoms with Crippen molar-refractivity contribution in [1.82, 2.24) is 0 Å². The maximum absolute atomic E-state index is 11.0. The van der Waals surface area contributed by atoms with Gasteiger partial charge in [-0.25, -0.2) is 4.79 Å². The SMILES string of the molecule is C=C(C(=O)O)C1CC=C(CCC(C)=O)C(C)CC1. The second-order valence-corrected chi connectivity index (χ2v) is 5.22. The molecule has 0 aromatic rings. The molecule has 2 unspecified atom stereocenters. The van der Waals surface area contributed by atoms with Crippen LogP contribution in [0.1, 0.15) is 46.0 Å². The number of allylic oxidation sites excluding steroid dienone is 2. The van der Waals surface area contributed by atoms with Gasteiger partial charge in [0.1, 0.15) is 5.78 Å². The maximum Gasteiger partial charge on any atom is 0.331 e. The van der Waals surface area contributed by atoms with Crippen molar-refractivity contribution in [3.63, 3.8) is 0 Å². The fraction of sp³-hybridized carbons (Fsp3) is 0.600. The van der Waals surface area contributed by atoms with E-state index < -0.39 is 5.97 Å². The first kappa shape index (κ1) is 14.7. The number of hydrogen-bond donors (Lipinski definition) is 1. The highest BCUT2D eigenvalue weighted by molar-refractivity contribution is 5.86. The highest BCUT2D eigenvalue weighted by Gasteiger charge is 2.22. The molecule has 3 heteroatoms. The molecule has 0 radical (unpaired) electrons. The maximum atomic E-state index is 11.0. The van der Waals surface area contributed by atoms with Gasteiger partial charge in [-0.1, -0.05) is 25.2 Å². The van der Waals surface area contributed by atoms with Crippen LogP contribution in [0.25, 0.3) is 0 Å². The largest absolute Gasteiger partial charge is 0.478 e. The summed E-state index contributed by atoms with van der Waals surface area (Å²) in [5, 5.41) is 8.97. The Morgan fingerprint density at radius 1 is 1.44 bits per heavy atom. The van der Waals surface area contributed by atoms with Gasteiger partial charge in [0.25, 0.3) is 0 Å². The van der Waals surface area contributed by atoms with Crippen LogP contribution < -0.4 is 0 Å². The molecule has 0 aromatic heterocycles. The van der Waals surface area contributed by atoms with Gasteiger partial charge < -0.3 is 9.90 Å². The van der Waals surface area contributed by atoms with Crippen LogP contribution in [0.15, 0.2) is 23.8 Å². The molecule has 0 saturated carbocycles. The lowest BCUT2D eigenvalue weighted by atomic mass is 9.90. The van der Waals surface area contributed by atoms with E-state index in [-0.39, 0.29) is 11.7 Å². The van der Waals surface area contributed by atoms with E-state index in [1.165, 1.54) is 5.57 Å². The molecule has 0 amide bonds. The number of ketones is 1. The number of aliphatic carboxylic acids is 1. The molecule has 0 spiro atoms. The van der Waals surface area contributed by atoms with Crippen molar-refractivity contribution in [3.8, 4) is 0 Å². The lowest BCUT2D eigenvalue weighted by molar-refractivity contribution is -0.133. The standard InChI is InChI=1S/C15H22O3/c1-10-4-6-14(12(3)15(17)18)9-8-13(10)7-5-11(2)16/h8,10,14H,3-7,9H2,1-2H3,(H,17,18). The number of carboxylic acids is 1. The minimum atomic E-state index is -0.895. The second-order valence-electron chi connectivity index (χ2n) is 5.22. The summed E-state index contributed by atoms with van der Waals surface area (Å²) in [4.78, 5) is 21.9. The zero-order valence-corrected chi connectivity index (χ0v) is 11.2. The summed E-state index contributed by atoms with van der Waals surface area (Å²) >= 11 is 0. The lowest BCUT2D eigenvalue weighted by Gasteiger charge is -2.14. The van der Waals surface area contributed by atoms with Gasteiger partial charge in [-0.15, -0.1) is 0 Å². The quantitative estimate of drug-likeness (QED) is 0.601. The first-order valence-electron chi connectivity index (χ1n) is 6.52. The topological polar surface area (TPSA) is 54.4 Å². The van der Waals surface area contributed by atoms with E-state index in [0.29, 0.717) is 17.9 Å². The first-order valence-corrected chi connectivity index (χ1v) is 6.52. The third-order valence-corrected chi connectivity index (χ3v) is 3.78. The normalized spacial score (nSPS) is 24.0. The van der Waals surface area contributed by atoms with Gasteiger partial charge in [-0.05, 0) is 44.4 Å². The van der Waals surface area contributed by atoms with Gasteiger partial charge in [-0.3, -0.25) is 0 Å². The Hall–Kier alpha value is -1.38. The molecule has 0 bridgehead atoms. The number of hydrogen-bond acceptors (Lipinski definition) is 2. The molecule has 0 saturated heterocycles. The van der Waals surface area contributed by atoms with Gasteiger partial charge in [-0.2, -0.15) is 0 Å². The Labute approximate surface area is 109 Å². The Bertz CT molecular complexity index is 379. The van der Waals surface area contributed by atoms with Crippen LogP contribution in [0.3, 0.4) is 0 Å². The van der Waals surface area contributed by atoms with Crippen molar-refractivity contribution >= 4 is 11.8 Å². The monoisotopic (exact) mass is 250 g/mol. The van der Waals surface area contributed by atoms with E-state index in [9.17, 15) is 9.59 Å². The smallest absolute Gasteiger partial charge is 0.331 e. The van der Waals surface area contributed by atoms with Crippen LogP contribution in [0, 0.1) is 11.8 Å². The molecule has 0 aromatic carbocycles. The molecule has 18 heavy (non-hydrogen) atoms. The lowest BCUT2D eigenvalue weighted by Crippen LogP contribution is -2.11. The van der Waals surface area contributed by atoms with Crippen molar-refractivity contribution in [2.45, 2.75) is 46.0 Å². The van der Waals surface area contributed by atoms with E-state index in [0.717, 1.165) is 25.7 Å². The van der Waals surface area contributed by atoms with E-state index in [2.05, 4.69) is 19.6 Å². The summed E-state index contributed by atoms with van der Waals surface area (Å²) in [6, 6.07) is 0. The molecule has 1 rings (SSSR count). The number of Topliss-reactive ketones (excluding diaryl/α,β-unsaturated/α-hetero) is 1. The van der Waals surface area contributed by atoms with Gasteiger partial charge in [0.05, 0.1) is 0 Å². The Morgan fingerprint density at radius 3 is 2.67 bits per heavy atom. The molecule has 1 aliphatic carbocycles. The number of rotatable bonds is 5. The molecular formula is C15H22O3. The minimum Gasteiger partial charge on any atom is -0.478 e. The van der Waals surface area contributed by atoms with Gasteiger partial charge >= 0.3 is 5.97 Å². The summed E-state index contributed by atoms with van der Waals surface area (Å²) in [6.07, 6.45) is 6.10. The Kier molecular flexibility index (Phi) is 5.32. The summed E-state index contributed by atoms with van der Waals surface area (Å²) in [6.45, 7) is 7.42. The van der Waals surface area contributed by atoms with Crippen molar-refractivity contribution in [2.75, 3.05) is 0 Å². The molecule has 3 nitrogen and oxygen atoms in total. The zero-order chi connectivity index (χ0) is 13.7. The molecule has 100 valence electrons.